The summed E-state index contributed by atoms with van der Waals surface area (Å²) in [4.78, 5) is 39.2. The highest BCUT2D eigenvalue weighted by atomic mass is 16.5. The van der Waals surface area contributed by atoms with E-state index in [2.05, 4.69) is 32.2 Å². The van der Waals surface area contributed by atoms with Crippen LogP contribution >= 0.6 is 0 Å². The Morgan fingerprint density at radius 3 is 2.27 bits per heavy atom. The molecule has 1 N–H and O–H groups in total. The summed E-state index contributed by atoms with van der Waals surface area (Å²) in [6, 6.07) is 15.6. The van der Waals surface area contributed by atoms with E-state index in [1.807, 2.05) is 12.1 Å². The number of rotatable bonds is 4. The Balaban J connectivity index is 1.41. The number of urea groups is 1. The van der Waals surface area contributed by atoms with E-state index in [0.29, 0.717) is 30.1 Å². The van der Waals surface area contributed by atoms with Gasteiger partial charge in [-0.1, -0.05) is 45.0 Å². The highest BCUT2D eigenvalue weighted by Crippen LogP contribution is 2.46. The van der Waals surface area contributed by atoms with Gasteiger partial charge in [0.2, 0.25) is 0 Å². The molecule has 0 radical (unpaired) electrons. The number of esters is 1. The van der Waals surface area contributed by atoms with Gasteiger partial charge in [0.1, 0.15) is 17.8 Å². The number of ether oxygens (including phenoxy) is 1. The molecule has 2 aliphatic rings. The van der Waals surface area contributed by atoms with Crippen molar-refractivity contribution in [3.63, 3.8) is 0 Å². The highest BCUT2D eigenvalue weighted by Gasteiger charge is 2.56. The molecule has 2 unspecified atom stereocenters. The Labute approximate surface area is 193 Å². The summed E-state index contributed by atoms with van der Waals surface area (Å²) >= 11 is 0. The van der Waals surface area contributed by atoms with E-state index in [1.54, 1.807) is 36.4 Å². The van der Waals surface area contributed by atoms with Gasteiger partial charge < -0.3 is 10.1 Å². The van der Waals surface area contributed by atoms with Gasteiger partial charge in [0.15, 0.2) is 0 Å². The Hall–Kier alpha value is -3.66. The molecular formula is C26H27N3O4. The number of hydrogen-bond donors (Lipinski definition) is 1. The van der Waals surface area contributed by atoms with Gasteiger partial charge in [-0.25, -0.2) is 9.59 Å². The Kier molecular flexibility index (Phi) is 5.71. The number of carbonyl (C=O) groups excluding carboxylic acids is 3. The molecule has 170 valence electrons. The number of carbonyl (C=O) groups is 3. The third-order valence-corrected chi connectivity index (χ3v) is 6.34. The van der Waals surface area contributed by atoms with Crippen molar-refractivity contribution >= 4 is 17.9 Å². The van der Waals surface area contributed by atoms with Crippen LogP contribution in [0.25, 0.3) is 11.1 Å². The monoisotopic (exact) mass is 445 g/mol. The molecule has 7 nitrogen and oxygen atoms in total. The zero-order valence-corrected chi connectivity index (χ0v) is 19.1. The van der Waals surface area contributed by atoms with Crippen molar-refractivity contribution in [2.45, 2.75) is 45.6 Å². The van der Waals surface area contributed by atoms with E-state index >= 15 is 0 Å². The first-order valence-corrected chi connectivity index (χ1v) is 11.1. The van der Waals surface area contributed by atoms with Crippen molar-refractivity contribution in [1.82, 2.24) is 10.2 Å². The highest BCUT2D eigenvalue weighted by molar-refractivity contribution is 6.08. The van der Waals surface area contributed by atoms with Crippen LogP contribution in [-0.4, -0.2) is 34.9 Å². The molecule has 0 bridgehead atoms. The fourth-order valence-corrected chi connectivity index (χ4v) is 5.40. The number of amides is 3. The fourth-order valence-electron chi connectivity index (χ4n) is 5.40. The largest absolute Gasteiger partial charge is 0.425 e. The van der Waals surface area contributed by atoms with Crippen molar-refractivity contribution in [2.75, 3.05) is 6.54 Å². The summed E-state index contributed by atoms with van der Waals surface area (Å²) in [6.45, 7) is 5.85. The van der Waals surface area contributed by atoms with Crippen molar-refractivity contribution in [3.05, 3.63) is 54.1 Å². The molecule has 3 amide bonds. The summed E-state index contributed by atoms with van der Waals surface area (Å²) < 4.78 is 5.38. The predicted molar refractivity (Wildman–Crippen MR) is 122 cm³/mol. The van der Waals surface area contributed by atoms with Crippen LogP contribution in [0.4, 0.5) is 4.79 Å². The van der Waals surface area contributed by atoms with Gasteiger partial charge in [0, 0.05) is 0 Å². The number of nitriles is 1. The molecule has 7 heteroatoms. The summed E-state index contributed by atoms with van der Waals surface area (Å²) in [6.07, 6.45) is 2.11. The van der Waals surface area contributed by atoms with Gasteiger partial charge in [-0.05, 0) is 66.0 Å². The van der Waals surface area contributed by atoms with Crippen molar-refractivity contribution in [3.8, 4) is 22.9 Å². The molecule has 33 heavy (non-hydrogen) atoms. The SMILES string of the molecule is CC1CC(C)(C)CC2(C1)NC(=O)N(CC(=O)Oc1ccc(-c3ccc(C#N)cc3)cc1)C2=O. The molecule has 1 heterocycles. The summed E-state index contributed by atoms with van der Waals surface area (Å²) in [7, 11) is 0. The fraction of sp³-hybridized carbons (Fsp3) is 0.385. The normalized spacial score (nSPS) is 23.8. The van der Waals surface area contributed by atoms with E-state index in [9.17, 15) is 14.4 Å². The van der Waals surface area contributed by atoms with Crippen molar-refractivity contribution < 1.29 is 19.1 Å². The molecule has 2 aromatic rings. The topological polar surface area (TPSA) is 99.5 Å². The minimum absolute atomic E-state index is 0.0756. The minimum atomic E-state index is -0.943. The first-order valence-electron chi connectivity index (χ1n) is 11.1. The second-order valence-corrected chi connectivity index (χ2v) is 9.95. The lowest BCUT2D eigenvalue weighted by molar-refractivity contribution is -0.142. The molecule has 4 rings (SSSR count). The average Bonchev–Trinajstić information content (AvgIpc) is 2.96. The molecule has 2 fully saturated rings. The maximum absolute atomic E-state index is 13.2. The van der Waals surface area contributed by atoms with Crippen LogP contribution in [0.3, 0.4) is 0 Å². The smallest absolute Gasteiger partial charge is 0.331 e. The number of benzene rings is 2. The zero-order valence-electron chi connectivity index (χ0n) is 19.1. The van der Waals surface area contributed by atoms with Gasteiger partial charge in [-0.2, -0.15) is 5.26 Å². The van der Waals surface area contributed by atoms with E-state index in [1.165, 1.54) is 0 Å². The van der Waals surface area contributed by atoms with Gasteiger partial charge in [0.25, 0.3) is 5.91 Å². The summed E-state index contributed by atoms with van der Waals surface area (Å²) in [5.74, 6) is -0.406. The zero-order chi connectivity index (χ0) is 23.8. The van der Waals surface area contributed by atoms with Crippen molar-refractivity contribution in [1.29, 1.82) is 5.26 Å². The Morgan fingerprint density at radius 2 is 1.70 bits per heavy atom. The molecule has 2 atom stereocenters. The lowest BCUT2D eigenvalue weighted by Gasteiger charge is -2.43. The van der Waals surface area contributed by atoms with Crippen LogP contribution < -0.4 is 10.1 Å². The van der Waals surface area contributed by atoms with Crippen LogP contribution in [0.1, 0.15) is 45.6 Å². The van der Waals surface area contributed by atoms with E-state index in [-0.39, 0.29) is 11.3 Å². The molecule has 1 saturated heterocycles. The van der Waals surface area contributed by atoms with Crippen LogP contribution in [0, 0.1) is 22.7 Å². The van der Waals surface area contributed by atoms with Gasteiger partial charge in [0.05, 0.1) is 11.6 Å². The molecule has 2 aromatic carbocycles. The molecular weight excluding hydrogens is 418 g/mol. The third kappa shape index (κ3) is 4.61. The second kappa shape index (κ2) is 8.36. The van der Waals surface area contributed by atoms with Gasteiger partial charge in [-0.3, -0.25) is 9.69 Å². The molecule has 1 spiro atoms. The lowest BCUT2D eigenvalue weighted by atomic mass is 9.64. The number of hydrogen-bond acceptors (Lipinski definition) is 5. The third-order valence-electron chi connectivity index (χ3n) is 6.34. The van der Waals surface area contributed by atoms with Gasteiger partial charge >= 0.3 is 12.0 Å². The maximum atomic E-state index is 13.2. The first kappa shape index (κ1) is 22.5. The maximum Gasteiger partial charge on any atom is 0.331 e. The van der Waals surface area contributed by atoms with Gasteiger partial charge in [-0.15, -0.1) is 0 Å². The standard InChI is InChI=1S/C26H27N3O4/c1-17-12-25(2,3)16-26(13-17)23(31)29(24(32)28-26)15-22(30)33-21-10-8-20(9-11-21)19-6-4-18(14-27)5-7-19/h4-11,17H,12-13,15-16H2,1-3H3,(H,28,32). The minimum Gasteiger partial charge on any atom is -0.425 e. The second-order valence-electron chi connectivity index (χ2n) is 9.95. The summed E-state index contributed by atoms with van der Waals surface area (Å²) in [5.41, 5.74) is 1.40. The molecule has 1 saturated carbocycles. The quantitative estimate of drug-likeness (QED) is 0.430. The number of imide groups is 1. The first-order chi connectivity index (χ1) is 15.6. The van der Waals surface area contributed by atoms with E-state index in [4.69, 9.17) is 10.00 Å². The van der Waals surface area contributed by atoms with Crippen LogP contribution in [-0.2, 0) is 9.59 Å². The molecule has 0 aromatic heterocycles. The average molecular weight is 446 g/mol. The summed E-state index contributed by atoms with van der Waals surface area (Å²) in [5, 5.41) is 11.8. The molecule has 1 aliphatic heterocycles. The predicted octanol–water partition coefficient (Wildman–Crippen LogP) is 4.27. The van der Waals surface area contributed by atoms with Crippen LogP contribution in [0.5, 0.6) is 5.75 Å². The van der Waals surface area contributed by atoms with E-state index < -0.39 is 24.1 Å². The van der Waals surface area contributed by atoms with E-state index in [0.717, 1.165) is 22.4 Å². The van der Waals surface area contributed by atoms with Crippen LogP contribution in [0.2, 0.25) is 0 Å². The van der Waals surface area contributed by atoms with Crippen LogP contribution in [0.15, 0.2) is 48.5 Å². The Bertz CT molecular complexity index is 1130. The molecule has 1 aliphatic carbocycles. The van der Waals surface area contributed by atoms with Crippen molar-refractivity contribution in [2.24, 2.45) is 11.3 Å². The number of nitrogens with zero attached hydrogens (tertiary/aromatic N) is 2. The number of nitrogens with one attached hydrogen (secondary N) is 1. The Morgan fingerprint density at radius 1 is 1.09 bits per heavy atom. The lowest BCUT2D eigenvalue weighted by Crippen LogP contribution is -2.54.